The van der Waals surface area contributed by atoms with Gasteiger partial charge in [-0.3, -0.25) is 9.88 Å². The van der Waals surface area contributed by atoms with Gasteiger partial charge in [0.25, 0.3) is 0 Å². The standard InChI is InChI=1S/C27H35ClN4O3/c1-19(2)15-23(25(33)35-3)30-26(34)31-13-10-27(11-14-31)18-32(17-21-7-4-5-9-22(21)28)24(27)20-8-6-12-29-16-20/h4-9,12,16,19,23-24H,10-11,13-15,17-18H2,1-3H3,(H,30,34)/t23-,24?/m0/s1. The normalized spacial score (nSPS) is 20.4. The molecule has 8 heteroatoms. The third kappa shape index (κ3) is 5.62. The van der Waals surface area contributed by atoms with Gasteiger partial charge in [0.1, 0.15) is 6.04 Å². The van der Waals surface area contributed by atoms with Crippen molar-refractivity contribution in [3.8, 4) is 0 Å². The number of aromatic nitrogens is 1. The first kappa shape index (κ1) is 25.5. The first-order valence-electron chi connectivity index (χ1n) is 12.3. The molecule has 0 aliphatic carbocycles. The van der Waals surface area contributed by atoms with Crippen molar-refractivity contribution in [3.05, 3.63) is 64.9 Å². The molecule has 1 aromatic heterocycles. The van der Waals surface area contributed by atoms with Crippen LogP contribution in [0.15, 0.2) is 48.8 Å². The Labute approximate surface area is 212 Å². The molecule has 1 unspecified atom stereocenters. The highest BCUT2D eigenvalue weighted by Gasteiger charge is 2.54. The van der Waals surface area contributed by atoms with Crippen LogP contribution in [0, 0.1) is 11.3 Å². The predicted molar refractivity (Wildman–Crippen MR) is 136 cm³/mol. The molecule has 1 spiro atoms. The number of halogens is 1. The van der Waals surface area contributed by atoms with Gasteiger partial charge in [-0.15, -0.1) is 0 Å². The second kappa shape index (κ2) is 11.0. The van der Waals surface area contributed by atoms with Crippen molar-refractivity contribution in [3.63, 3.8) is 0 Å². The van der Waals surface area contributed by atoms with E-state index in [1.54, 1.807) is 6.20 Å². The second-order valence-electron chi connectivity index (χ2n) is 10.2. The molecule has 2 aliphatic heterocycles. The molecule has 2 atom stereocenters. The number of esters is 1. The molecule has 188 valence electrons. The maximum Gasteiger partial charge on any atom is 0.328 e. The second-order valence-corrected chi connectivity index (χ2v) is 10.6. The van der Waals surface area contributed by atoms with Gasteiger partial charge in [-0.05, 0) is 48.4 Å². The highest BCUT2D eigenvalue weighted by molar-refractivity contribution is 6.31. The molecule has 3 heterocycles. The Hall–Kier alpha value is -2.64. The lowest BCUT2D eigenvalue weighted by atomic mass is 9.63. The van der Waals surface area contributed by atoms with Gasteiger partial charge in [0, 0.05) is 55.1 Å². The maximum absolute atomic E-state index is 13.0. The Balaban J connectivity index is 1.44. The number of hydrogen-bond acceptors (Lipinski definition) is 5. The number of rotatable bonds is 7. The Morgan fingerprint density at radius 1 is 1.20 bits per heavy atom. The number of pyridine rings is 1. The van der Waals surface area contributed by atoms with Gasteiger partial charge in [-0.25, -0.2) is 9.59 Å². The fourth-order valence-electron chi connectivity index (χ4n) is 5.61. The molecule has 2 aliphatic rings. The fraction of sp³-hybridized carbons (Fsp3) is 0.519. The van der Waals surface area contributed by atoms with Crippen molar-refractivity contribution in [1.82, 2.24) is 20.1 Å². The number of methoxy groups -OCH3 is 1. The summed E-state index contributed by atoms with van der Waals surface area (Å²) in [6, 6.07) is 11.5. The molecule has 2 fully saturated rings. The smallest absolute Gasteiger partial charge is 0.328 e. The summed E-state index contributed by atoms with van der Waals surface area (Å²) in [5, 5.41) is 3.68. The fourth-order valence-corrected chi connectivity index (χ4v) is 5.80. The average Bonchev–Trinajstić information content (AvgIpc) is 2.84. The van der Waals surface area contributed by atoms with Crippen LogP contribution >= 0.6 is 11.6 Å². The molecule has 2 saturated heterocycles. The zero-order valence-electron chi connectivity index (χ0n) is 20.7. The summed E-state index contributed by atoms with van der Waals surface area (Å²) in [4.78, 5) is 33.8. The first-order chi connectivity index (χ1) is 16.8. The molecule has 4 rings (SSSR count). The van der Waals surface area contributed by atoms with E-state index in [0.29, 0.717) is 19.5 Å². The van der Waals surface area contributed by atoms with Gasteiger partial charge >= 0.3 is 12.0 Å². The number of urea groups is 1. The van der Waals surface area contributed by atoms with Gasteiger partial charge in [-0.2, -0.15) is 0 Å². The molecule has 0 radical (unpaired) electrons. The summed E-state index contributed by atoms with van der Waals surface area (Å²) < 4.78 is 4.90. The number of carbonyl (C=O) groups excluding carboxylic acids is 2. The zero-order chi connectivity index (χ0) is 25.0. The van der Waals surface area contributed by atoms with E-state index in [9.17, 15) is 9.59 Å². The SMILES string of the molecule is COC(=O)[C@H](CC(C)C)NC(=O)N1CCC2(CC1)CN(Cc1ccccc1Cl)C2c1cccnc1. The number of ether oxygens (including phenoxy) is 1. The van der Waals surface area contributed by atoms with Gasteiger partial charge < -0.3 is 15.0 Å². The van der Waals surface area contributed by atoms with Crippen LogP contribution in [-0.4, -0.2) is 59.6 Å². The summed E-state index contributed by atoms with van der Waals surface area (Å²) in [5.41, 5.74) is 2.40. The van der Waals surface area contributed by atoms with E-state index >= 15 is 0 Å². The molecule has 2 aromatic rings. The topological polar surface area (TPSA) is 74.8 Å². The Bertz CT molecular complexity index is 1020. The van der Waals surface area contributed by atoms with Crippen LogP contribution in [0.5, 0.6) is 0 Å². The van der Waals surface area contributed by atoms with Crippen molar-refractivity contribution >= 4 is 23.6 Å². The number of nitrogens with zero attached hydrogens (tertiary/aromatic N) is 3. The maximum atomic E-state index is 13.0. The van der Waals surface area contributed by atoms with Crippen LogP contribution in [0.25, 0.3) is 0 Å². The molecule has 35 heavy (non-hydrogen) atoms. The third-order valence-electron chi connectivity index (χ3n) is 7.33. The number of hydrogen-bond donors (Lipinski definition) is 1. The molecule has 0 bridgehead atoms. The van der Waals surface area contributed by atoms with Crippen LogP contribution < -0.4 is 5.32 Å². The largest absolute Gasteiger partial charge is 0.467 e. The van der Waals surface area contributed by atoms with E-state index in [1.165, 1.54) is 12.7 Å². The summed E-state index contributed by atoms with van der Waals surface area (Å²) in [6.07, 6.45) is 6.10. The summed E-state index contributed by atoms with van der Waals surface area (Å²) in [5.74, 6) is -0.130. The van der Waals surface area contributed by atoms with E-state index < -0.39 is 12.0 Å². The van der Waals surface area contributed by atoms with Crippen LogP contribution in [0.2, 0.25) is 5.02 Å². The Morgan fingerprint density at radius 3 is 2.57 bits per heavy atom. The molecular weight excluding hydrogens is 464 g/mol. The highest BCUT2D eigenvalue weighted by atomic mass is 35.5. The van der Waals surface area contributed by atoms with E-state index in [0.717, 1.165) is 36.5 Å². The van der Waals surface area contributed by atoms with Crippen LogP contribution in [0.1, 0.15) is 50.3 Å². The molecule has 2 amide bonds. The molecule has 0 saturated carbocycles. The first-order valence-corrected chi connectivity index (χ1v) is 12.7. The number of amides is 2. The van der Waals surface area contributed by atoms with Crippen molar-refractivity contribution in [2.24, 2.45) is 11.3 Å². The zero-order valence-corrected chi connectivity index (χ0v) is 21.5. The highest BCUT2D eigenvalue weighted by Crippen LogP contribution is 2.55. The molecular formula is C27H35ClN4O3. The Kier molecular flexibility index (Phi) is 7.97. The lowest BCUT2D eigenvalue weighted by Crippen LogP contribution is -2.63. The van der Waals surface area contributed by atoms with Gasteiger partial charge in [0.15, 0.2) is 0 Å². The monoisotopic (exact) mass is 498 g/mol. The van der Waals surface area contributed by atoms with Crippen LogP contribution in [0.3, 0.4) is 0 Å². The third-order valence-corrected chi connectivity index (χ3v) is 7.70. The van der Waals surface area contributed by atoms with Crippen molar-refractivity contribution in [2.45, 2.75) is 51.7 Å². The van der Waals surface area contributed by atoms with Crippen LogP contribution in [-0.2, 0) is 16.1 Å². The van der Waals surface area contributed by atoms with Crippen LogP contribution in [0.4, 0.5) is 4.79 Å². The van der Waals surface area contributed by atoms with Gasteiger partial charge in [0.2, 0.25) is 0 Å². The van der Waals surface area contributed by atoms with E-state index in [2.05, 4.69) is 27.3 Å². The Morgan fingerprint density at radius 2 is 1.94 bits per heavy atom. The van der Waals surface area contributed by atoms with Crippen molar-refractivity contribution in [1.29, 1.82) is 0 Å². The number of nitrogens with one attached hydrogen (secondary N) is 1. The predicted octanol–water partition coefficient (Wildman–Crippen LogP) is 4.67. The number of carbonyl (C=O) groups is 2. The molecule has 1 N–H and O–H groups in total. The molecule has 7 nitrogen and oxygen atoms in total. The number of benzene rings is 1. The van der Waals surface area contributed by atoms with E-state index in [4.69, 9.17) is 16.3 Å². The quantitative estimate of drug-likeness (QED) is 0.561. The number of likely N-dealkylation sites (tertiary alicyclic amines) is 2. The average molecular weight is 499 g/mol. The minimum Gasteiger partial charge on any atom is -0.467 e. The van der Waals surface area contributed by atoms with Crippen molar-refractivity contribution in [2.75, 3.05) is 26.7 Å². The number of piperidine rings is 1. The summed E-state index contributed by atoms with van der Waals surface area (Å²) in [6.45, 7) is 7.08. The molecule has 1 aromatic carbocycles. The minimum absolute atomic E-state index is 0.0841. The van der Waals surface area contributed by atoms with E-state index in [1.807, 2.05) is 49.2 Å². The van der Waals surface area contributed by atoms with Gasteiger partial charge in [0.05, 0.1) is 7.11 Å². The van der Waals surface area contributed by atoms with Crippen molar-refractivity contribution < 1.29 is 14.3 Å². The lowest BCUT2D eigenvalue weighted by molar-refractivity contribution is -0.143. The lowest BCUT2D eigenvalue weighted by Gasteiger charge is -2.60. The van der Waals surface area contributed by atoms with E-state index in [-0.39, 0.29) is 23.4 Å². The summed E-state index contributed by atoms with van der Waals surface area (Å²) in [7, 11) is 1.36. The van der Waals surface area contributed by atoms with Gasteiger partial charge in [-0.1, -0.05) is 49.7 Å². The summed E-state index contributed by atoms with van der Waals surface area (Å²) >= 11 is 6.46. The minimum atomic E-state index is -0.624.